The summed E-state index contributed by atoms with van der Waals surface area (Å²) in [6.45, 7) is 4.14. The summed E-state index contributed by atoms with van der Waals surface area (Å²) in [4.78, 5) is 12.4. The monoisotopic (exact) mass is 341 g/mol. The van der Waals surface area contributed by atoms with Crippen LogP contribution in [0.25, 0.3) is 0 Å². The van der Waals surface area contributed by atoms with Crippen LogP contribution >= 0.6 is 0 Å². The highest BCUT2D eigenvalue weighted by Gasteiger charge is 2.27. The minimum atomic E-state index is -0.359. The van der Waals surface area contributed by atoms with Gasteiger partial charge < -0.3 is 9.73 Å². The van der Waals surface area contributed by atoms with E-state index in [0.717, 1.165) is 30.7 Å². The number of nitrogens with zero attached hydrogens (tertiary/aromatic N) is 2. The Bertz CT molecular complexity index is 692. The molecule has 1 aliphatic carbocycles. The van der Waals surface area contributed by atoms with Gasteiger partial charge in [0.1, 0.15) is 0 Å². The number of carbonyl (C=O) groups excluding carboxylic acids is 1. The molecule has 1 amide bonds. The first-order chi connectivity index (χ1) is 12.1. The summed E-state index contributed by atoms with van der Waals surface area (Å²) in [5, 5.41) is 11.4. The lowest BCUT2D eigenvalue weighted by Crippen LogP contribution is -2.43. The molecule has 1 aromatic carbocycles. The molecule has 134 valence electrons. The Morgan fingerprint density at radius 2 is 1.96 bits per heavy atom. The molecule has 1 N–H and O–H groups in total. The number of carbonyl (C=O) groups is 1. The second kappa shape index (κ2) is 7.81. The fourth-order valence-corrected chi connectivity index (χ4v) is 3.47. The van der Waals surface area contributed by atoms with E-state index >= 15 is 0 Å². The van der Waals surface area contributed by atoms with Crippen LogP contribution in [0, 0.1) is 0 Å². The molecule has 0 radical (unpaired) electrons. The lowest BCUT2D eigenvalue weighted by Gasteiger charge is -2.30. The van der Waals surface area contributed by atoms with Crippen LogP contribution in [0.3, 0.4) is 0 Å². The molecule has 1 atom stereocenters. The van der Waals surface area contributed by atoms with Gasteiger partial charge in [-0.3, -0.25) is 4.79 Å². The molecule has 1 unspecified atom stereocenters. The zero-order valence-electron chi connectivity index (χ0n) is 15.1. The maximum atomic E-state index is 12.4. The topological polar surface area (TPSA) is 68.0 Å². The summed E-state index contributed by atoms with van der Waals surface area (Å²) >= 11 is 0. The van der Waals surface area contributed by atoms with Gasteiger partial charge in [-0.2, -0.15) is 0 Å². The van der Waals surface area contributed by atoms with E-state index in [9.17, 15) is 4.79 Å². The van der Waals surface area contributed by atoms with E-state index in [1.54, 1.807) is 0 Å². The first kappa shape index (κ1) is 17.6. The Morgan fingerprint density at radius 3 is 2.64 bits per heavy atom. The van der Waals surface area contributed by atoms with Gasteiger partial charge in [0.2, 0.25) is 17.7 Å². The van der Waals surface area contributed by atoms with Gasteiger partial charge in [-0.1, -0.05) is 50.1 Å². The molecular weight excluding hydrogens is 314 g/mol. The molecule has 0 aliphatic heterocycles. The number of benzene rings is 1. The highest BCUT2D eigenvalue weighted by molar-refractivity contribution is 5.77. The number of amides is 1. The van der Waals surface area contributed by atoms with E-state index in [4.69, 9.17) is 4.42 Å². The van der Waals surface area contributed by atoms with E-state index < -0.39 is 0 Å². The van der Waals surface area contributed by atoms with E-state index in [-0.39, 0.29) is 11.4 Å². The molecule has 3 rings (SSSR count). The molecule has 0 saturated heterocycles. The molecular formula is C20H27N3O2. The number of nitrogens with one attached hydrogen (secondary N) is 1. The lowest BCUT2D eigenvalue weighted by molar-refractivity contribution is -0.123. The molecule has 1 aromatic heterocycles. The molecule has 5 heteroatoms. The fraction of sp³-hybridized carbons (Fsp3) is 0.550. The Balaban J connectivity index is 1.55. The van der Waals surface area contributed by atoms with Gasteiger partial charge in [-0.15, -0.1) is 10.2 Å². The van der Waals surface area contributed by atoms with Crippen LogP contribution in [-0.2, 0) is 16.8 Å². The average molecular weight is 341 g/mol. The van der Waals surface area contributed by atoms with Crippen LogP contribution in [-0.4, -0.2) is 16.1 Å². The van der Waals surface area contributed by atoms with Crippen molar-refractivity contribution in [2.75, 3.05) is 0 Å². The first-order valence-electron chi connectivity index (χ1n) is 9.29. The predicted octanol–water partition coefficient (Wildman–Crippen LogP) is 4.10. The van der Waals surface area contributed by atoms with Crippen LogP contribution in [0.4, 0.5) is 0 Å². The van der Waals surface area contributed by atoms with Gasteiger partial charge in [0.15, 0.2) is 0 Å². The van der Waals surface area contributed by atoms with Crippen molar-refractivity contribution in [1.29, 1.82) is 0 Å². The minimum absolute atomic E-state index is 0.00817. The first-order valence-corrected chi connectivity index (χ1v) is 9.29. The number of aromatic nitrogens is 2. The highest BCUT2D eigenvalue weighted by atomic mass is 16.4. The summed E-state index contributed by atoms with van der Waals surface area (Å²) < 4.78 is 5.76. The third-order valence-electron chi connectivity index (χ3n) is 5.29. The molecule has 5 nitrogen and oxygen atoms in total. The molecule has 1 heterocycles. The summed E-state index contributed by atoms with van der Waals surface area (Å²) in [7, 11) is 0. The van der Waals surface area contributed by atoms with Gasteiger partial charge in [0, 0.05) is 18.8 Å². The summed E-state index contributed by atoms with van der Waals surface area (Å²) in [5.41, 5.74) is 0.759. The van der Waals surface area contributed by atoms with Crippen molar-refractivity contribution in [3.63, 3.8) is 0 Å². The van der Waals surface area contributed by atoms with E-state index in [1.807, 2.05) is 18.2 Å². The lowest BCUT2D eigenvalue weighted by atomic mass is 9.89. The molecule has 1 saturated carbocycles. The molecule has 0 spiro atoms. The van der Waals surface area contributed by atoms with Crippen LogP contribution in [0.15, 0.2) is 34.7 Å². The second-order valence-corrected chi connectivity index (χ2v) is 7.12. The van der Waals surface area contributed by atoms with E-state index in [2.05, 4.69) is 41.5 Å². The molecule has 0 bridgehead atoms. The van der Waals surface area contributed by atoms with Gasteiger partial charge in [-0.05, 0) is 31.7 Å². The molecule has 2 aromatic rings. The Kier molecular flexibility index (Phi) is 5.51. The maximum Gasteiger partial charge on any atom is 0.221 e. The third-order valence-corrected chi connectivity index (χ3v) is 5.29. The van der Waals surface area contributed by atoms with Crippen LogP contribution in [0.2, 0.25) is 0 Å². The summed E-state index contributed by atoms with van der Waals surface area (Å²) in [6.07, 6.45) is 6.41. The maximum absolute atomic E-state index is 12.4. The quantitative estimate of drug-likeness (QED) is 0.823. The Labute approximate surface area is 149 Å². The largest absolute Gasteiger partial charge is 0.425 e. The Morgan fingerprint density at radius 1 is 1.24 bits per heavy atom. The van der Waals surface area contributed by atoms with Gasteiger partial charge in [0.25, 0.3) is 0 Å². The SMILES string of the molecule is CCC(C)(NC(=O)CCc1nnc(C2CCCC2)o1)c1ccccc1. The van der Waals surface area contributed by atoms with E-state index in [1.165, 1.54) is 12.8 Å². The predicted molar refractivity (Wildman–Crippen MR) is 96.1 cm³/mol. The Hall–Kier alpha value is -2.17. The van der Waals surface area contributed by atoms with Gasteiger partial charge in [-0.25, -0.2) is 0 Å². The normalized spacial score (nSPS) is 17.4. The number of rotatable bonds is 7. The van der Waals surface area contributed by atoms with Crippen molar-refractivity contribution in [2.45, 2.75) is 70.3 Å². The zero-order chi connectivity index (χ0) is 17.7. The van der Waals surface area contributed by atoms with Gasteiger partial charge in [0.05, 0.1) is 5.54 Å². The van der Waals surface area contributed by atoms with Crippen LogP contribution < -0.4 is 5.32 Å². The number of aryl methyl sites for hydroxylation is 1. The summed E-state index contributed by atoms with van der Waals surface area (Å²) in [5.74, 6) is 1.73. The van der Waals surface area contributed by atoms with Crippen molar-refractivity contribution in [3.8, 4) is 0 Å². The smallest absolute Gasteiger partial charge is 0.221 e. The van der Waals surface area contributed by atoms with E-state index in [0.29, 0.717) is 24.7 Å². The summed E-state index contributed by atoms with van der Waals surface area (Å²) in [6, 6.07) is 10.1. The average Bonchev–Trinajstić information content (AvgIpc) is 3.32. The third kappa shape index (κ3) is 4.27. The van der Waals surface area contributed by atoms with Crippen molar-refractivity contribution < 1.29 is 9.21 Å². The second-order valence-electron chi connectivity index (χ2n) is 7.12. The molecule has 1 fully saturated rings. The number of hydrogen-bond donors (Lipinski definition) is 1. The highest BCUT2D eigenvalue weighted by Crippen LogP contribution is 2.33. The number of hydrogen-bond acceptors (Lipinski definition) is 4. The molecule has 25 heavy (non-hydrogen) atoms. The van der Waals surface area contributed by atoms with Crippen molar-refractivity contribution in [2.24, 2.45) is 0 Å². The fourth-order valence-electron chi connectivity index (χ4n) is 3.47. The standard InChI is InChI=1S/C20H27N3O2/c1-3-20(2,16-11-5-4-6-12-16)21-17(24)13-14-18-22-23-19(25-18)15-9-7-8-10-15/h4-6,11-12,15H,3,7-10,13-14H2,1-2H3,(H,21,24). The minimum Gasteiger partial charge on any atom is -0.425 e. The van der Waals surface area contributed by atoms with Gasteiger partial charge >= 0.3 is 0 Å². The van der Waals surface area contributed by atoms with Crippen molar-refractivity contribution >= 4 is 5.91 Å². The van der Waals surface area contributed by atoms with Crippen molar-refractivity contribution in [3.05, 3.63) is 47.7 Å². The van der Waals surface area contributed by atoms with Crippen LogP contribution in [0.1, 0.15) is 75.6 Å². The molecule has 1 aliphatic rings. The zero-order valence-corrected chi connectivity index (χ0v) is 15.1. The van der Waals surface area contributed by atoms with Crippen LogP contribution in [0.5, 0.6) is 0 Å². The van der Waals surface area contributed by atoms with Crippen molar-refractivity contribution in [1.82, 2.24) is 15.5 Å².